The molecule has 0 radical (unpaired) electrons. The fourth-order valence-corrected chi connectivity index (χ4v) is 15.3. The predicted octanol–water partition coefficient (Wildman–Crippen LogP) is 10.4. The second kappa shape index (κ2) is 30.6. The van der Waals surface area contributed by atoms with Gasteiger partial charge in [0.05, 0.1) is 86.8 Å². The first-order valence-electron chi connectivity index (χ1n) is 36.4. The van der Waals surface area contributed by atoms with Gasteiger partial charge in [0.2, 0.25) is 17.7 Å². The number of anilines is 2. The van der Waals surface area contributed by atoms with Crippen LogP contribution in [0.3, 0.4) is 0 Å². The molecule has 24 nitrogen and oxygen atoms in total. The van der Waals surface area contributed by atoms with Crippen LogP contribution < -0.4 is 39.4 Å². The third kappa shape index (κ3) is 15.4. The Bertz CT molecular complexity index is 4360. The lowest BCUT2D eigenvalue weighted by Crippen LogP contribution is -2.50. The van der Waals surface area contributed by atoms with Crippen molar-refractivity contribution in [1.82, 2.24) is 35.4 Å². The molecule has 24 heteroatoms. The summed E-state index contributed by atoms with van der Waals surface area (Å²) in [5, 5.41) is 26.5. The number of hydrogen-bond acceptors (Lipinski definition) is 17. The number of ether oxygens (including phenoxy) is 5. The Kier molecular flexibility index (Phi) is 21.2. The number of aliphatic hydroxyl groups is 1. The van der Waals surface area contributed by atoms with E-state index in [0.717, 1.165) is 65.1 Å². The number of aliphatic hydroxyl groups excluding tert-OH is 1. The number of ketones is 3. The van der Waals surface area contributed by atoms with Gasteiger partial charge in [0.25, 0.3) is 11.8 Å². The number of Topliss-reactive ketones (excluding diaryl/α,β-unsaturated/α-hetero) is 3. The van der Waals surface area contributed by atoms with Gasteiger partial charge >= 0.3 is 6.09 Å². The van der Waals surface area contributed by atoms with Crippen LogP contribution in [0.5, 0.6) is 23.0 Å². The summed E-state index contributed by atoms with van der Waals surface area (Å²) in [6, 6.07) is 27.4. The molecular weight excluding hydrogens is 1330 g/mol. The average Bonchev–Trinajstić information content (AvgIpc) is 1.57. The number of methoxy groups -OCH3 is 2. The van der Waals surface area contributed by atoms with Crippen molar-refractivity contribution in [3.05, 3.63) is 137 Å². The molecule has 6 amide bonds. The molecule has 104 heavy (non-hydrogen) atoms. The second-order valence-electron chi connectivity index (χ2n) is 29.3. The summed E-state index contributed by atoms with van der Waals surface area (Å²) in [4.78, 5) is 130. The van der Waals surface area contributed by atoms with Crippen molar-refractivity contribution in [2.75, 3.05) is 56.9 Å². The largest absolute Gasteiger partial charge is 0.493 e. The first kappa shape index (κ1) is 72.1. The number of rotatable bonds is 29. The highest BCUT2D eigenvalue weighted by molar-refractivity contribution is 6.07. The third-order valence-electron chi connectivity index (χ3n) is 21.8. The van der Waals surface area contributed by atoms with E-state index in [0.29, 0.717) is 78.5 Å². The summed E-state index contributed by atoms with van der Waals surface area (Å²) >= 11 is 0. The first-order chi connectivity index (χ1) is 50.2. The standard InChI is InChI=1S/C80H91N9O15/c1-7-88-73-57-16-10-9-15-53(57)44-85(62-18-12-11-17-58(62)72(73)83-84-88)71(94)28-26-55(90)25-27-70(93)81-43-56(91)37-59(48(2)3)74(95)82-49(4)65(92)35-50-19-21-51(22-20-50)45-104-78(99)89-63-40-69(67(101-6)39-61(63)76(97)87-47-80(31-32-80)42-64(87)77(89)98)103-34-14-8-13-33-102-68-36-52-23-24-54-41-79(29-30-79)46-86(54)75(96)60(52)38-66(68)100-5/h9-12,15-24,36,38-40,48-49,54,59,64,77,98H,7-8,13-14,25-35,37,41-47H2,1-6H3,(H,81,93)(H,82,95)/t49-,54+,59-,64-,77?/m0/s1. The molecule has 546 valence electrons. The Morgan fingerprint density at radius 3 is 2.03 bits per heavy atom. The number of unbranched alkanes of at least 4 members (excludes halogenated alkanes) is 2. The van der Waals surface area contributed by atoms with Crippen LogP contribution in [0, 0.1) is 22.7 Å². The summed E-state index contributed by atoms with van der Waals surface area (Å²) in [5.41, 5.74) is 7.80. The van der Waals surface area contributed by atoms with Crippen molar-refractivity contribution in [1.29, 1.82) is 0 Å². The smallest absolute Gasteiger partial charge is 0.416 e. The Balaban J connectivity index is 0.556. The van der Waals surface area contributed by atoms with Gasteiger partial charge in [0, 0.05) is 81.3 Å². The van der Waals surface area contributed by atoms with E-state index >= 15 is 0 Å². The summed E-state index contributed by atoms with van der Waals surface area (Å²) in [6.07, 6.45) is 8.78. The van der Waals surface area contributed by atoms with Gasteiger partial charge in [-0.1, -0.05) is 97.9 Å². The van der Waals surface area contributed by atoms with Crippen molar-refractivity contribution in [3.8, 4) is 45.5 Å². The minimum absolute atomic E-state index is 0.0219. The van der Waals surface area contributed by atoms with E-state index < -0.39 is 47.9 Å². The summed E-state index contributed by atoms with van der Waals surface area (Å²) in [7, 11) is 3.04. The van der Waals surface area contributed by atoms with Crippen LogP contribution >= 0.6 is 0 Å². The number of hydrogen-bond donors (Lipinski definition) is 3. The molecule has 0 bridgehead atoms. The molecule has 6 aromatic rings. The second-order valence-corrected chi connectivity index (χ2v) is 29.3. The maximum absolute atomic E-state index is 14.5. The number of fused-ring (bicyclic) bond motifs is 9. The molecule has 2 saturated carbocycles. The SMILES string of the molecule is CCn1nnc2c1-c1ccccc1CN(C(=O)CCC(=O)CCC(=O)NCC(=O)C[C@H](C(=O)N[C@@H](C)C(=O)Cc1ccc(COC(=O)N3c4cc(OCCCCCOc5cc6c(cc5OC)C(=O)N5CC7(CC7)C[C@H]5C=C6)c(OC)cc4C(=O)N4CC5(CC5)C[C@H]4C3O)cc1)C(C)C)c1ccccc1-2. The maximum Gasteiger partial charge on any atom is 0.416 e. The van der Waals surface area contributed by atoms with E-state index in [1.807, 2.05) is 77.2 Å². The number of nitrogens with one attached hydrogen (secondary N) is 2. The lowest BCUT2D eigenvalue weighted by molar-refractivity contribution is -0.133. The van der Waals surface area contributed by atoms with Gasteiger partial charge < -0.3 is 54.1 Å². The molecule has 3 N–H and O–H groups in total. The minimum atomic E-state index is -1.45. The summed E-state index contributed by atoms with van der Waals surface area (Å²) in [6.45, 7) is 9.32. The molecule has 5 atom stereocenters. The van der Waals surface area contributed by atoms with Crippen LogP contribution in [0.25, 0.3) is 28.6 Å². The van der Waals surface area contributed by atoms with Crippen molar-refractivity contribution in [2.24, 2.45) is 22.7 Å². The van der Waals surface area contributed by atoms with E-state index in [1.54, 1.807) is 80.1 Å². The number of carbonyl (C=O) groups excluding carboxylic acids is 9. The molecule has 1 unspecified atom stereocenters. The number of para-hydroxylation sites is 1. The van der Waals surface area contributed by atoms with Crippen molar-refractivity contribution in [3.63, 3.8) is 0 Å². The van der Waals surface area contributed by atoms with E-state index in [-0.39, 0.29) is 140 Å². The zero-order chi connectivity index (χ0) is 73.1. The zero-order valence-corrected chi connectivity index (χ0v) is 59.9. The zero-order valence-electron chi connectivity index (χ0n) is 59.9. The molecule has 13 rings (SSSR count). The van der Waals surface area contributed by atoms with Crippen molar-refractivity contribution >= 4 is 70.4 Å². The van der Waals surface area contributed by atoms with E-state index in [9.17, 15) is 48.3 Å². The molecule has 2 aliphatic carbocycles. The van der Waals surface area contributed by atoms with Gasteiger partial charge in [0.1, 0.15) is 18.1 Å². The summed E-state index contributed by atoms with van der Waals surface area (Å²) < 4.78 is 31.8. The number of carbonyl (C=O) groups is 9. The van der Waals surface area contributed by atoms with Crippen LogP contribution in [0.4, 0.5) is 16.2 Å². The lowest BCUT2D eigenvalue weighted by Gasteiger charge is -2.31. The minimum Gasteiger partial charge on any atom is -0.493 e. The van der Waals surface area contributed by atoms with Crippen molar-refractivity contribution < 1.29 is 71.9 Å². The van der Waals surface area contributed by atoms with Crippen LogP contribution in [-0.2, 0) is 59.6 Å². The molecule has 1 aromatic heterocycles. The lowest BCUT2D eigenvalue weighted by atomic mass is 9.89. The first-order valence-corrected chi connectivity index (χ1v) is 36.4. The monoisotopic (exact) mass is 1420 g/mol. The Morgan fingerprint density at radius 1 is 0.683 bits per heavy atom. The molecule has 5 aromatic carbocycles. The number of benzene rings is 5. The molecule has 7 aliphatic rings. The topological polar surface area (TPSA) is 288 Å². The molecule has 2 saturated heterocycles. The number of nitrogens with zero attached hydrogens (tertiary/aromatic N) is 7. The maximum atomic E-state index is 14.5. The van der Waals surface area contributed by atoms with Gasteiger partial charge in [-0.05, 0) is 135 Å². The Hall–Kier alpha value is -10.2. The number of aryl methyl sites for hydroxylation is 1. The molecular formula is C80H91N9O15. The highest BCUT2D eigenvalue weighted by Gasteiger charge is 2.58. The van der Waals surface area contributed by atoms with Crippen molar-refractivity contribution in [2.45, 2.75) is 168 Å². The quantitative estimate of drug-likeness (QED) is 0.0368. The van der Waals surface area contributed by atoms with Crippen LogP contribution in [0.2, 0.25) is 0 Å². The fourth-order valence-electron chi connectivity index (χ4n) is 15.3. The average molecular weight is 1420 g/mol. The van der Waals surface area contributed by atoms with Gasteiger partial charge in [-0.15, -0.1) is 5.10 Å². The van der Waals surface area contributed by atoms with Crippen LogP contribution in [0.1, 0.15) is 161 Å². The van der Waals surface area contributed by atoms with Crippen LogP contribution in [-0.4, -0.2) is 154 Å². The third-order valence-corrected chi connectivity index (χ3v) is 21.8. The molecule has 4 fully saturated rings. The van der Waals surface area contributed by atoms with E-state index in [4.69, 9.17) is 23.7 Å². The molecule has 2 spiro atoms. The van der Waals surface area contributed by atoms with E-state index in [2.05, 4.69) is 27.0 Å². The molecule has 5 aliphatic heterocycles. The summed E-state index contributed by atoms with van der Waals surface area (Å²) in [5.74, 6) is -2.11. The Labute approximate surface area is 604 Å². The highest BCUT2D eigenvalue weighted by atomic mass is 16.6. The number of aromatic nitrogens is 3. The highest BCUT2D eigenvalue weighted by Crippen LogP contribution is 2.58. The van der Waals surface area contributed by atoms with Crippen LogP contribution in [0.15, 0.2) is 103 Å². The number of amides is 6. The van der Waals surface area contributed by atoms with E-state index in [1.165, 1.54) is 20.0 Å². The fraction of sp³-hybridized carbons (Fsp3) is 0.463. The normalized spacial score (nSPS) is 18.8. The van der Waals surface area contributed by atoms with Gasteiger partial charge in [-0.3, -0.25) is 38.4 Å². The Morgan fingerprint density at radius 2 is 1.33 bits per heavy atom. The van der Waals surface area contributed by atoms with Gasteiger partial charge in [-0.25, -0.2) is 14.4 Å². The predicted molar refractivity (Wildman–Crippen MR) is 386 cm³/mol. The van der Waals surface area contributed by atoms with Gasteiger partial charge in [0.15, 0.2) is 40.8 Å². The molecule has 6 heterocycles. The van der Waals surface area contributed by atoms with Gasteiger partial charge in [-0.2, -0.15) is 0 Å².